The second-order valence-corrected chi connectivity index (χ2v) is 5.74. The summed E-state index contributed by atoms with van der Waals surface area (Å²) < 4.78 is 1.87. The Hall–Kier alpha value is -1.28. The van der Waals surface area contributed by atoms with Gasteiger partial charge in [-0.15, -0.1) is 0 Å². The van der Waals surface area contributed by atoms with Gasteiger partial charge in [0.2, 0.25) is 0 Å². The Balaban J connectivity index is 2.40. The predicted molar refractivity (Wildman–Crippen MR) is 72.0 cm³/mol. The minimum atomic E-state index is 0.0692. The third kappa shape index (κ3) is 2.52. The van der Waals surface area contributed by atoms with Gasteiger partial charge in [-0.3, -0.25) is 0 Å². The van der Waals surface area contributed by atoms with Crippen molar-refractivity contribution in [2.45, 2.75) is 33.1 Å². The molecular formula is C14H17ClN2. The van der Waals surface area contributed by atoms with Crippen molar-refractivity contribution < 1.29 is 0 Å². The van der Waals surface area contributed by atoms with Crippen molar-refractivity contribution >= 4 is 11.6 Å². The lowest BCUT2D eigenvalue weighted by Crippen LogP contribution is -2.12. The number of halogens is 1. The maximum Gasteiger partial charge on any atom is 0.0682 e. The van der Waals surface area contributed by atoms with E-state index in [0.29, 0.717) is 0 Å². The molecule has 0 atom stereocenters. The van der Waals surface area contributed by atoms with Gasteiger partial charge in [0.05, 0.1) is 11.4 Å². The van der Waals surface area contributed by atoms with Crippen molar-refractivity contribution in [3.63, 3.8) is 0 Å². The summed E-state index contributed by atoms with van der Waals surface area (Å²) in [5.41, 5.74) is 3.23. The Bertz CT molecular complexity index is 535. The largest absolute Gasteiger partial charge is 0.241 e. The van der Waals surface area contributed by atoms with Crippen LogP contribution in [0.15, 0.2) is 30.5 Å². The van der Waals surface area contributed by atoms with E-state index in [1.165, 1.54) is 0 Å². The third-order valence-corrected chi connectivity index (χ3v) is 3.18. The van der Waals surface area contributed by atoms with Crippen LogP contribution in [0.3, 0.4) is 0 Å². The first-order chi connectivity index (χ1) is 7.88. The molecule has 0 unspecified atom stereocenters. The Morgan fingerprint density at radius 2 is 1.88 bits per heavy atom. The van der Waals surface area contributed by atoms with Crippen LogP contribution in [0.25, 0.3) is 5.69 Å². The second kappa shape index (κ2) is 4.19. The van der Waals surface area contributed by atoms with Crippen molar-refractivity contribution in [1.29, 1.82) is 0 Å². The molecule has 17 heavy (non-hydrogen) atoms. The third-order valence-electron chi connectivity index (χ3n) is 2.78. The van der Waals surface area contributed by atoms with Gasteiger partial charge in [-0.25, -0.2) is 4.68 Å². The second-order valence-electron chi connectivity index (χ2n) is 5.33. The van der Waals surface area contributed by atoms with E-state index in [9.17, 15) is 0 Å². The summed E-state index contributed by atoms with van der Waals surface area (Å²) in [6.45, 7) is 8.46. The fourth-order valence-electron chi connectivity index (χ4n) is 1.59. The number of hydrogen-bond acceptors (Lipinski definition) is 1. The van der Waals surface area contributed by atoms with Crippen LogP contribution in [-0.2, 0) is 5.41 Å². The highest BCUT2D eigenvalue weighted by molar-refractivity contribution is 6.31. The average molecular weight is 249 g/mol. The molecule has 0 saturated carbocycles. The molecule has 0 fully saturated rings. The fraction of sp³-hybridized carbons (Fsp3) is 0.357. The Kier molecular flexibility index (Phi) is 3.00. The lowest BCUT2D eigenvalue weighted by molar-refractivity contribution is 0.560. The molecule has 3 heteroatoms. The number of nitrogens with zero attached hydrogens (tertiary/aromatic N) is 2. The van der Waals surface area contributed by atoms with E-state index in [2.05, 4.69) is 25.9 Å². The molecule has 0 spiro atoms. The zero-order valence-electron chi connectivity index (χ0n) is 10.7. The van der Waals surface area contributed by atoms with Gasteiger partial charge in [0, 0.05) is 16.6 Å². The van der Waals surface area contributed by atoms with Gasteiger partial charge < -0.3 is 0 Å². The molecule has 0 bridgehead atoms. The highest BCUT2D eigenvalue weighted by Crippen LogP contribution is 2.23. The average Bonchev–Trinajstić information content (AvgIpc) is 2.70. The molecular weight excluding hydrogens is 232 g/mol. The molecule has 90 valence electrons. The van der Waals surface area contributed by atoms with Gasteiger partial charge in [0.1, 0.15) is 0 Å². The van der Waals surface area contributed by atoms with Crippen LogP contribution < -0.4 is 0 Å². The summed E-state index contributed by atoms with van der Waals surface area (Å²) in [5.74, 6) is 0. The summed E-state index contributed by atoms with van der Waals surface area (Å²) in [6.07, 6.45) is 1.97. The van der Waals surface area contributed by atoms with Gasteiger partial charge in [-0.1, -0.05) is 38.4 Å². The highest BCUT2D eigenvalue weighted by atomic mass is 35.5. The summed E-state index contributed by atoms with van der Waals surface area (Å²) in [4.78, 5) is 0. The summed E-state index contributed by atoms with van der Waals surface area (Å²) in [6, 6.07) is 8.03. The lowest BCUT2D eigenvalue weighted by Gasteiger charge is -2.14. The fourth-order valence-corrected chi connectivity index (χ4v) is 1.77. The molecule has 0 aliphatic carbocycles. The highest BCUT2D eigenvalue weighted by Gasteiger charge is 2.17. The van der Waals surface area contributed by atoms with Crippen molar-refractivity contribution in [3.05, 3.63) is 46.7 Å². The van der Waals surface area contributed by atoms with Gasteiger partial charge in [0.25, 0.3) is 0 Å². The van der Waals surface area contributed by atoms with E-state index in [1.807, 2.05) is 42.1 Å². The van der Waals surface area contributed by atoms with E-state index < -0.39 is 0 Å². The normalized spacial score (nSPS) is 11.8. The van der Waals surface area contributed by atoms with Crippen molar-refractivity contribution in [3.8, 4) is 5.69 Å². The molecule has 0 N–H and O–H groups in total. The number of aromatic nitrogens is 2. The minimum absolute atomic E-state index is 0.0692. The quantitative estimate of drug-likeness (QED) is 0.742. The van der Waals surface area contributed by atoms with E-state index in [0.717, 1.165) is 22.0 Å². The van der Waals surface area contributed by atoms with Crippen LogP contribution in [0, 0.1) is 6.92 Å². The predicted octanol–water partition coefficient (Wildman–Crippen LogP) is 4.13. The molecule has 2 rings (SSSR count). The first-order valence-electron chi connectivity index (χ1n) is 5.70. The topological polar surface area (TPSA) is 17.8 Å². The zero-order chi connectivity index (χ0) is 12.6. The van der Waals surface area contributed by atoms with Crippen molar-refractivity contribution in [2.24, 2.45) is 0 Å². The van der Waals surface area contributed by atoms with Crippen LogP contribution in [-0.4, -0.2) is 9.78 Å². The number of aryl methyl sites for hydroxylation is 1. The zero-order valence-corrected chi connectivity index (χ0v) is 11.4. The van der Waals surface area contributed by atoms with Crippen molar-refractivity contribution in [2.75, 3.05) is 0 Å². The summed E-state index contributed by atoms with van der Waals surface area (Å²) in [7, 11) is 0. The van der Waals surface area contributed by atoms with Crippen LogP contribution in [0.2, 0.25) is 5.02 Å². The van der Waals surface area contributed by atoms with E-state index in [-0.39, 0.29) is 5.41 Å². The minimum Gasteiger partial charge on any atom is -0.241 e. The monoisotopic (exact) mass is 248 g/mol. The molecule has 0 saturated heterocycles. The number of benzene rings is 1. The first kappa shape index (κ1) is 12.2. The Morgan fingerprint density at radius 3 is 2.41 bits per heavy atom. The van der Waals surface area contributed by atoms with Gasteiger partial charge in [-0.05, 0) is 30.7 Å². The van der Waals surface area contributed by atoms with E-state index >= 15 is 0 Å². The lowest BCUT2D eigenvalue weighted by atomic mass is 9.93. The van der Waals surface area contributed by atoms with Crippen LogP contribution >= 0.6 is 11.6 Å². The standard InChI is InChI=1S/C14H17ClN2/c1-10-5-6-11(9-12(10)15)17-8-7-13(16-17)14(2,3)4/h5-9H,1-4H3. The molecule has 0 aliphatic heterocycles. The first-order valence-corrected chi connectivity index (χ1v) is 6.08. The molecule has 1 aromatic heterocycles. The SMILES string of the molecule is Cc1ccc(-n2ccc(C(C)(C)C)n2)cc1Cl. The maximum atomic E-state index is 6.12. The molecule has 2 aromatic rings. The maximum absolute atomic E-state index is 6.12. The van der Waals surface area contributed by atoms with Crippen LogP contribution in [0.4, 0.5) is 0 Å². The van der Waals surface area contributed by atoms with Crippen LogP contribution in [0.1, 0.15) is 32.0 Å². The smallest absolute Gasteiger partial charge is 0.0682 e. The van der Waals surface area contributed by atoms with Crippen molar-refractivity contribution in [1.82, 2.24) is 9.78 Å². The number of rotatable bonds is 1. The number of hydrogen-bond donors (Lipinski definition) is 0. The van der Waals surface area contributed by atoms with Crippen LogP contribution in [0.5, 0.6) is 0 Å². The molecule has 1 aromatic carbocycles. The van der Waals surface area contributed by atoms with Gasteiger partial charge >= 0.3 is 0 Å². The Morgan fingerprint density at radius 1 is 1.18 bits per heavy atom. The van der Waals surface area contributed by atoms with Gasteiger partial charge in [0.15, 0.2) is 0 Å². The molecule has 0 radical (unpaired) electrons. The summed E-state index contributed by atoms with van der Waals surface area (Å²) in [5, 5.41) is 5.35. The molecule has 0 amide bonds. The van der Waals surface area contributed by atoms with E-state index in [4.69, 9.17) is 11.6 Å². The molecule has 2 nitrogen and oxygen atoms in total. The Labute approximate surface area is 107 Å². The molecule has 0 aliphatic rings. The summed E-state index contributed by atoms with van der Waals surface area (Å²) >= 11 is 6.12. The van der Waals surface area contributed by atoms with Gasteiger partial charge in [-0.2, -0.15) is 5.10 Å². The van der Waals surface area contributed by atoms with E-state index in [1.54, 1.807) is 0 Å². The molecule has 1 heterocycles.